The van der Waals surface area contributed by atoms with Gasteiger partial charge in [0, 0.05) is 6.07 Å². The van der Waals surface area contributed by atoms with E-state index in [9.17, 15) is 9.18 Å². The lowest BCUT2D eigenvalue weighted by Gasteiger charge is -2.19. The Morgan fingerprint density at radius 1 is 1.12 bits per heavy atom. The number of benzene rings is 2. The minimum Gasteiger partial charge on any atom is -0.497 e. The summed E-state index contributed by atoms with van der Waals surface area (Å²) in [6, 6.07) is 10.9. The zero-order valence-electron chi connectivity index (χ0n) is 13.9. The maximum absolute atomic E-state index is 13.2. The van der Waals surface area contributed by atoms with Gasteiger partial charge in [-0.05, 0) is 36.2 Å². The zero-order chi connectivity index (χ0) is 17.5. The number of amides is 2. The van der Waals surface area contributed by atoms with Gasteiger partial charge in [0.05, 0.1) is 25.9 Å². The molecule has 0 radical (unpaired) electrons. The molecule has 0 aliphatic heterocycles. The predicted octanol–water partition coefficient (Wildman–Crippen LogP) is 4.12. The van der Waals surface area contributed by atoms with Crippen LogP contribution in [0, 0.1) is 5.82 Å². The van der Waals surface area contributed by atoms with Crippen molar-refractivity contribution < 1.29 is 18.7 Å². The minimum atomic E-state index is -0.428. The molecule has 2 N–H and O–H groups in total. The monoisotopic (exact) mass is 332 g/mol. The topological polar surface area (TPSA) is 59.6 Å². The van der Waals surface area contributed by atoms with E-state index in [0.29, 0.717) is 5.69 Å². The van der Waals surface area contributed by atoms with Crippen molar-refractivity contribution in [3.8, 4) is 11.5 Å². The van der Waals surface area contributed by atoms with Crippen LogP contribution >= 0.6 is 0 Å². The van der Waals surface area contributed by atoms with Gasteiger partial charge >= 0.3 is 6.03 Å². The molecule has 24 heavy (non-hydrogen) atoms. The van der Waals surface area contributed by atoms with Crippen LogP contribution in [0.25, 0.3) is 0 Å². The van der Waals surface area contributed by atoms with Crippen molar-refractivity contribution in [2.45, 2.75) is 19.4 Å². The van der Waals surface area contributed by atoms with Crippen LogP contribution in [0.4, 0.5) is 14.9 Å². The van der Waals surface area contributed by atoms with Crippen LogP contribution in [-0.4, -0.2) is 20.3 Å². The number of halogens is 1. The van der Waals surface area contributed by atoms with E-state index in [1.165, 1.54) is 25.3 Å². The second-order valence-corrected chi connectivity index (χ2v) is 5.18. The quantitative estimate of drug-likeness (QED) is 0.837. The van der Waals surface area contributed by atoms with Gasteiger partial charge in [0.1, 0.15) is 17.3 Å². The Morgan fingerprint density at radius 2 is 1.83 bits per heavy atom. The molecule has 0 aliphatic rings. The summed E-state index contributed by atoms with van der Waals surface area (Å²) in [5.41, 5.74) is 1.38. The number of ether oxygens (including phenoxy) is 2. The molecule has 2 aromatic rings. The summed E-state index contributed by atoms with van der Waals surface area (Å²) in [6.45, 7) is 1.98. The van der Waals surface area contributed by atoms with E-state index >= 15 is 0 Å². The fourth-order valence-electron chi connectivity index (χ4n) is 2.34. The van der Waals surface area contributed by atoms with E-state index in [0.717, 1.165) is 17.7 Å². The third kappa shape index (κ3) is 4.38. The number of nitrogens with one attached hydrogen (secondary N) is 2. The van der Waals surface area contributed by atoms with Gasteiger partial charge < -0.3 is 20.1 Å². The molecule has 1 atom stereocenters. The predicted molar refractivity (Wildman–Crippen MR) is 91.1 cm³/mol. The number of carbonyl (C=O) groups is 1. The van der Waals surface area contributed by atoms with Crippen molar-refractivity contribution in [1.82, 2.24) is 5.32 Å². The van der Waals surface area contributed by atoms with Crippen molar-refractivity contribution in [2.75, 3.05) is 19.5 Å². The molecule has 0 fully saturated rings. The maximum Gasteiger partial charge on any atom is 0.319 e. The van der Waals surface area contributed by atoms with Gasteiger partial charge in [0.2, 0.25) is 0 Å². The van der Waals surface area contributed by atoms with E-state index in [-0.39, 0.29) is 17.8 Å². The lowest BCUT2D eigenvalue weighted by atomic mass is 10.0. The number of urea groups is 1. The Labute approximate surface area is 140 Å². The largest absolute Gasteiger partial charge is 0.497 e. The van der Waals surface area contributed by atoms with E-state index in [1.54, 1.807) is 7.11 Å². The van der Waals surface area contributed by atoms with E-state index in [2.05, 4.69) is 10.6 Å². The molecule has 0 aromatic heterocycles. The van der Waals surface area contributed by atoms with Crippen LogP contribution in [0.5, 0.6) is 11.5 Å². The van der Waals surface area contributed by atoms with E-state index < -0.39 is 5.82 Å². The van der Waals surface area contributed by atoms with Crippen LogP contribution in [0.3, 0.4) is 0 Å². The molecule has 0 heterocycles. The minimum absolute atomic E-state index is 0.151. The molecule has 0 bridgehead atoms. The maximum atomic E-state index is 13.2. The summed E-state index contributed by atoms with van der Waals surface area (Å²) < 4.78 is 23.4. The van der Waals surface area contributed by atoms with Gasteiger partial charge in [-0.1, -0.05) is 19.1 Å². The fourth-order valence-corrected chi connectivity index (χ4v) is 2.34. The first kappa shape index (κ1) is 17.6. The normalized spacial score (nSPS) is 11.5. The lowest BCUT2D eigenvalue weighted by Crippen LogP contribution is -2.32. The number of carbonyl (C=O) groups excluding carboxylic acids is 1. The van der Waals surface area contributed by atoms with Crippen LogP contribution in [-0.2, 0) is 0 Å². The van der Waals surface area contributed by atoms with Gasteiger partial charge in [-0.15, -0.1) is 0 Å². The van der Waals surface area contributed by atoms with Crippen molar-refractivity contribution in [3.05, 3.63) is 53.8 Å². The molecule has 128 valence electrons. The van der Waals surface area contributed by atoms with Crippen LogP contribution in [0.1, 0.15) is 24.9 Å². The molecule has 0 spiro atoms. The first-order valence-electron chi connectivity index (χ1n) is 7.62. The first-order valence-corrected chi connectivity index (χ1v) is 7.62. The molecule has 6 heteroatoms. The Balaban J connectivity index is 2.06. The number of rotatable bonds is 6. The smallest absolute Gasteiger partial charge is 0.319 e. The Kier molecular flexibility index (Phi) is 6.01. The van der Waals surface area contributed by atoms with Crippen molar-refractivity contribution in [2.24, 2.45) is 0 Å². The second-order valence-electron chi connectivity index (χ2n) is 5.18. The number of anilines is 1. The van der Waals surface area contributed by atoms with Gasteiger partial charge in [0.15, 0.2) is 0 Å². The molecule has 2 aromatic carbocycles. The van der Waals surface area contributed by atoms with Gasteiger partial charge in [-0.25, -0.2) is 9.18 Å². The lowest BCUT2D eigenvalue weighted by molar-refractivity contribution is 0.248. The number of hydrogen-bond acceptors (Lipinski definition) is 3. The average Bonchev–Trinajstić information content (AvgIpc) is 2.61. The zero-order valence-corrected chi connectivity index (χ0v) is 13.9. The molecule has 0 saturated carbocycles. The molecule has 5 nitrogen and oxygen atoms in total. The Hall–Kier alpha value is -2.76. The average molecular weight is 332 g/mol. The van der Waals surface area contributed by atoms with Gasteiger partial charge in [-0.3, -0.25) is 0 Å². The van der Waals surface area contributed by atoms with E-state index in [4.69, 9.17) is 9.47 Å². The summed E-state index contributed by atoms with van der Waals surface area (Å²) in [4.78, 5) is 12.2. The molecular formula is C18H21FN2O3. The Bertz CT molecular complexity index is 689. The summed E-state index contributed by atoms with van der Waals surface area (Å²) in [5, 5.41) is 5.57. The van der Waals surface area contributed by atoms with Gasteiger partial charge in [0.25, 0.3) is 0 Å². The van der Waals surface area contributed by atoms with Crippen molar-refractivity contribution in [1.29, 1.82) is 0 Å². The fraction of sp³-hybridized carbons (Fsp3) is 0.278. The Morgan fingerprint density at radius 3 is 2.42 bits per heavy atom. The highest BCUT2D eigenvalue weighted by molar-refractivity contribution is 5.91. The third-order valence-corrected chi connectivity index (χ3v) is 3.64. The molecule has 0 aliphatic carbocycles. The van der Waals surface area contributed by atoms with Crippen LogP contribution < -0.4 is 20.1 Å². The molecular weight excluding hydrogens is 311 g/mol. The number of methoxy groups -OCH3 is 2. The standard InChI is InChI=1S/C18H21FN2O3/c1-4-15(12-5-8-14(23-2)9-6-12)20-18(22)21-16-10-7-13(19)11-17(16)24-3/h5-11,15H,4H2,1-3H3,(H2,20,21,22). The highest BCUT2D eigenvalue weighted by Gasteiger charge is 2.14. The van der Waals surface area contributed by atoms with Gasteiger partial charge in [-0.2, -0.15) is 0 Å². The SMILES string of the molecule is CCC(NC(=O)Nc1ccc(F)cc1OC)c1ccc(OC)cc1. The highest BCUT2D eigenvalue weighted by Crippen LogP contribution is 2.25. The number of hydrogen-bond donors (Lipinski definition) is 2. The molecule has 2 rings (SSSR count). The first-order chi connectivity index (χ1) is 11.6. The third-order valence-electron chi connectivity index (χ3n) is 3.64. The van der Waals surface area contributed by atoms with Crippen LogP contribution in [0.2, 0.25) is 0 Å². The molecule has 1 unspecified atom stereocenters. The van der Waals surface area contributed by atoms with Crippen molar-refractivity contribution in [3.63, 3.8) is 0 Å². The second kappa shape index (κ2) is 8.19. The van der Waals surface area contributed by atoms with Crippen LogP contribution in [0.15, 0.2) is 42.5 Å². The van der Waals surface area contributed by atoms with E-state index in [1.807, 2.05) is 31.2 Å². The summed E-state index contributed by atoms with van der Waals surface area (Å²) in [7, 11) is 3.03. The summed E-state index contributed by atoms with van der Waals surface area (Å²) in [5.74, 6) is 0.597. The molecule has 2 amide bonds. The molecule has 0 saturated heterocycles. The summed E-state index contributed by atoms with van der Waals surface area (Å²) in [6.07, 6.45) is 0.723. The highest BCUT2D eigenvalue weighted by atomic mass is 19.1. The van der Waals surface area contributed by atoms with Crippen molar-refractivity contribution >= 4 is 11.7 Å². The summed E-state index contributed by atoms with van der Waals surface area (Å²) >= 11 is 0.